The second-order valence-corrected chi connectivity index (χ2v) is 4.30. The zero-order valence-electron chi connectivity index (χ0n) is 9.47. The summed E-state index contributed by atoms with van der Waals surface area (Å²) in [5.41, 5.74) is 0. The van der Waals surface area contributed by atoms with Gasteiger partial charge in [0, 0.05) is 12.4 Å². The van der Waals surface area contributed by atoms with E-state index in [1.54, 1.807) is 19.6 Å². The summed E-state index contributed by atoms with van der Waals surface area (Å²) in [5.74, 6) is 1.62. The average Bonchev–Trinajstić information content (AvgIpc) is 2.84. The molecule has 2 rings (SSSR count). The van der Waals surface area contributed by atoms with Crippen LogP contribution in [0.3, 0.4) is 0 Å². The Morgan fingerprint density at radius 2 is 2.29 bits per heavy atom. The molecule has 17 heavy (non-hydrogen) atoms. The van der Waals surface area contributed by atoms with Crippen LogP contribution in [-0.2, 0) is 6.54 Å². The van der Waals surface area contributed by atoms with Crippen molar-refractivity contribution >= 4 is 15.9 Å². The quantitative estimate of drug-likeness (QED) is 0.851. The summed E-state index contributed by atoms with van der Waals surface area (Å²) in [6, 6.07) is 5.64. The number of hydrogen-bond acceptors (Lipinski definition) is 3. The first-order chi connectivity index (χ1) is 8.29. The Kier molecular flexibility index (Phi) is 4.03. The minimum Gasteiger partial charge on any atom is -0.497 e. The molecular formula is C12H13BrN2O2. The molecule has 0 bridgehead atoms. The lowest BCUT2D eigenvalue weighted by Gasteiger charge is -2.09. The van der Waals surface area contributed by atoms with Crippen LogP contribution >= 0.6 is 15.9 Å². The third-order valence-corrected chi connectivity index (χ3v) is 2.92. The molecular weight excluding hydrogens is 284 g/mol. The lowest BCUT2D eigenvalue weighted by atomic mass is 10.3. The summed E-state index contributed by atoms with van der Waals surface area (Å²) in [5, 5.41) is 0. The zero-order chi connectivity index (χ0) is 12.1. The maximum atomic E-state index is 5.66. The Balaban J connectivity index is 1.90. The van der Waals surface area contributed by atoms with Gasteiger partial charge in [0.25, 0.3) is 0 Å². The van der Waals surface area contributed by atoms with Crippen LogP contribution in [0.15, 0.2) is 41.4 Å². The molecule has 5 heteroatoms. The summed E-state index contributed by atoms with van der Waals surface area (Å²) >= 11 is 3.44. The van der Waals surface area contributed by atoms with E-state index in [1.807, 2.05) is 29.0 Å². The first-order valence-electron chi connectivity index (χ1n) is 5.21. The smallest absolute Gasteiger partial charge is 0.133 e. The molecule has 1 heterocycles. The third-order valence-electron chi connectivity index (χ3n) is 2.31. The summed E-state index contributed by atoms with van der Waals surface area (Å²) in [7, 11) is 1.64. The average molecular weight is 297 g/mol. The number of nitrogens with zero attached hydrogens (tertiary/aromatic N) is 2. The van der Waals surface area contributed by atoms with E-state index >= 15 is 0 Å². The Morgan fingerprint density at radius 3 is 2.94 bits per heavy atom. The number of benzene rings is 1. The van der Waals surface area contributed by atoms with E-state index in [4.69, 9.17) is 9.47 Å². The zero-order valence-corrected chi connectivity index (χ0v) is 11.1. The molecule has 1 aromatic carbocycles. The number of aromatic nitrogens is 2. The van der Waals surface area contributed by atoms with Gasteiger partial charge >= 0.3 is 0 Å². The molecule has 4 nitrogen and oxygen atoms in total. The summed E-state index contributed by atoms with van der Waals surface area (Å²) in [4.78, 5) is 3.97. The van der Waals surface area contributed by atoms with Crippen molar-refractivity contribution in [1.29, 1.82) is 0 Å². The van der Waals surface area contributed by atoms with Gasteiger partial charge in [-0.25, -0.2) is 4.98 Å². The number of ether oxygens (including phenoxy) is 2. The predicted molar refractivity (Wildman–Crippen MR) is 68.4 cm³/mol. The molecule has 0 N–H and O–H groups in total. The van der Waals surface area contributed by atoms with Crippen molar-refractivity contribution in [3.8, 4) is 11.5 Å². The van der Waals surface area contributed by atoms with E-state index in [0.717, 1.165) is 22.5 Å². The van der Waals surface area contributed by atoms with Crippen molar-refractivity contribution in [2.75, 3.05) is 13.7 Å². The number of halogens is 1. The van der Waals surface area contributed by atoms with Crippen LogP contribution in [0, 0.1) is 0 Å². The molecule has 0 spiro atoms. The molecule has 0 aliphatic heterocycles. The van der Waals surface area contributed by atoms with Crippen LogP contribution in [0.2, 0.25) is 0 Å². The number of hydrogen-bond donors (Lipinski definition) is 0. The number of imidazole rings is 1. The Morgan fingerprint density at radius 1 is 1.41 bits per heavy atom. The molecule has 90 valence electrons. The molecule has 1 aromatic heterocycles. The molecule has 0 amide bonds. The molecule has 0 saturated carbocycles. The Labute approximate surface area is 108 Å². The fraction of sp³-hybridized carbons (Fsp3) is 0.250. The first kappa shape index (κ1) is 12.0. The highest BCUT2D eigenvalue weighted by Crippen LogP contribution is 2.28. The number of rotatable bonds is 5. The van der Waals surface area contributed by atoms with Crippen molar-refractivity contribution in [2.45, 2.75) is 6.54 Å². The van der Waals surface area contributed by atoms with E-state index in [-0.39, 0.29) is 0 Å². The third kappa shape index (κ3) is 3.23. The second kappa shape index (κ2) is 5.72. The molecule has 0 aliphatic rings. The summed E-state index contributed by atoms with van der Waals surface area (Å²) in [6.45, 7) is 1.37. The van der Waals surface area contributed by atoms with E-state index in [0.29, 0.717) is 6.61 Å². The molecule has 0 radical (unpaired) electrons. The minimum absolute atomic E-state index is 0.599. The molecule has 0 aliphatic carbocycles. The van der Waals surface area contributed by atoms with Gasteiger partial charge < -0.3 is 14.0 Å². The molecule has 0 unspecified atom stereocenters. The Hall–Kier alpha value is -1.49. The maximum absolute atomic E-state index is 5.66. The van der Waals surface area contributed by atoms with Crippen molar-refractivity contribution < 1.29 is 9.47 Å². The van der Waals surface area contributed by atoms with Gasteiger partial charge in [-0.2, -0.15) is 0 Å². The van der Waals surface area contributed by atoms with Gasteiger partial charge in [-0.15, -0.1) is 0 Å². The van der Waals surface area contributed by atoms with Gasteiger partial charge in [-0.05, 0) is 34.1 Å². The van der Waals surface area contributed by atoms with Gasteiger partial charge in [-0.1, -0.05) is 0 Å². The molecule has 2 aromatic rings. The fourth-order valence-corrected chi connectivity index (χ4v) is 1.88. The topological polar surface area (TPSA) is 36.3 Å². The maximum Gasteiger partial charge on any atom is 0.133 e. The second-order valence-electron chi connectivity index (χ2n) is 3.45. The first-order valence-corrected chi connectivity index (χ1v) is 6.01. The molecule has 0 atom stereocenters. The summed E-state index contributed by atoms with van der Waals surface area (Å²) in [6.07, 6.45) is 5.43. The molecule has 0 saturated heterocycles. The van der Waals surface area contributed by atoms with Crippen molar-refractivity contribution in [3.05, 3.63) is 41.4 Å². The fourth-order valence-electron chi connectivity index (χ4n) is 1.41. The van der Waals surface area contributed by atoms with Gasteiger partial charge in [0.15, 0.2) is 0 Å². The van der Waals surface area contributed by atoms with Crippen molar-refractivity contribution in [3.63, 3.8) is 0 Å². The van der Waals surface area contributed by atoms with Gasteiger partial charge in [0.05, 0.1) is 24.5 Å². The predicted octanol–water partition coefficient (Wildman–Crippen LogP) is 2.73. The van der Waals surface area contributed by atoms with Crippen LogP contribution in [0.5, 0.6) is 11.5 Å². The largest absolute Gasteiger partial charge is 0.497 e. The van der Waals surface area contributed by atoms with Gasteiger partial charge in [0.2, 0.25) is 0 Å². The lowest BCUT2D eigenvalue weighted by Crippen LogP contribution is -2.06. The van der Waals surface area contributed by atoms with Crippen LogP contribution < -0.4 is 9.47 Å². The standard InChI is InChI=1S/C12H13BrN2O2/c1-16-10-2-3-12(11(13)8-10)17-7-6-15-5-4-14-9-15/h2-5,8-9H,6-7H2,1H3. The van der Waals surface area contributed by atoms with Gasteiger partial charge in [-0.3, -0.25) is 0 Å². The van der Waals surface area contributed by atoms with E-state index < -0.39 is 0 Å². The summed E-state index contributed by atoms with van der Waals surface area (Å²) < 4.78 is 13.6. The molecule has 0 fully saturated rings. The Bertz CT molecular complexity index is 471. The highest BCUT2D eigenvalue weighted by atomic mass is 79.9. The van der Waals surface area contributed by atoms with Crippen molar-refractivity contribution in [1.82, 2.24) is 9.55 Å². The lowest BCUT2D eigenvalue weighted by molar-refractivity contribution is 0.296. The van der Waals surface area contributed by atoms with E-state index in [1.165, 1.54) is 0 Å². The van der Waals surface area contributed by atoms with Crippen LogP contribution in [0.1, 0.15) is 0 Å². The highest BCUT2D eigenvalue weighted by molar-refractivity contribution is 9.10. The van der Waals surface area contributed by atoms with E-state index in [2.05, 4.69) is 20.9 Å². The minimum atomic E-state index is 0.599. The number of methoxy groups -OCH3 is 1. The SMILES string of the molecule is COc1ccc(OCCn2ccnc2)c(Br)c1. The van der Waals surface area contributed by atoms with Crippen molar-refractivity contribution in [2.24, 2.45) is 0 Å². The van der Waals surface area contributed by atoms with Crippen LogP contribution in [0.25, 0.3) is 0 Å². The van der Waals surface area contributed by atoms with E-state index in [9.17, 15) is 0 Å². The van der Waals surface area contributed by atoms with Crippen LogP contribution in [-0.4, -0.2) is 23.3 Å². The van der Waals surface area contributed by atoms with Crippen LogP contribution in [0.4, 0.5) is 0 Å². The highest BCUT2D eigenvalue weighted by Gasteiger charge is 2.02. The monoisotopic (exact) mass is 296 g/mol. The van der Waals surface area contributed by atoms with Gasteiger partial charge in [0.1, 0.15) is 18.1 Å². The normalized spacial score (nSPS) is 10.2.